The normalized spacial score (nSPS) is 27.4. The van der Waals surface area contributed by atoms with Crippen LogP contribution in [0.15, 0.2) is 6.33 Å². The number of aromatic nitrogens is 2. The standard InChI is InChI=1S/C13H21N3/c1-2-4-6-10(5-3-1)12-13-11(7-8-14-12)15-9-16-13/h9-10,12,14H,1-8H2,(H,15,16). The fourth-order valence-electron chi connectivity index (χ4n) is 3.28. The molecule has 1 aliphatic heterocycles. The zero-order valence-electron chi connectivity index (χ0n) is 9.84. The van der Waals surface area contributed by atoms with E-state index in [0.29, 0.717) is 6.04 Å². The summed E-state index contributed by atoms with van der Waals surface area (Å²) < 4.78 is 0. The van der Waals surface area contributed by atoms with Gasteiger partial charge in [0.2, 0.25) is 0 Å². The molecule has 0 amide bonds. The van der Waals surface area contributed by atoms with Gasteiger partial charge in [-0.3, -0.25) is 0 Å². The van der Waals surface area contributed by atoms with E-state index in [0.717, 1.165) is 18.9 Å². The molecule has 3 nitrogen and oxygen atoms in total. The lowest BCUT2D eigenvalue weighted by Crippen LogP contribution is -2.34. The third kappa shape index (κ3) is 1.88. The Labute approximate surface area is 97.0 Å². The molecule has 1 aliphatic carbocycles. The highest BCUT2D eigenvalue weighted by atomic mass is 15.0. The van der Waals surface area contributed by atoms with Crippen LogP contribution in [0.5, 0.6) is 0 Å². The maximum Gasteiger partial charge on any atom is 0.0925 e. The van der Waals surface area contributed by atoms with Crippen molar-refractivity contribution < 1.29 is 0 Å². The Kier molecular flexibility index (Phi) is 2.96. The van der Waals surface area contributed by atoms with E-state index in [-0.39, 0.29) is 0 Å². The quantitative estimate of drug-likeness (QED) is 0.713. The van der Waals surface area contributed by atoms with Crippen LogP contribution in [0.2, 0.25) is 0 Å². The molecule has 1 aromatic rings. The van der Waals surface area contributed by atoms with Crippen LogP contribution in [-0.2, 0) is 6.42 Å². The van der Waals surface area contributed by atoms with Gasteiger partial charge in [0.05, 0.1) is 18.1 Å². The largest absolute Gasteiger partial charge is 0.348 e. The van der Waals surface area contributed by atoms with Crippen LogP contribution in [0.4, 0.5) is 0 Å². The fourth-order valence-corrected chi connectivity index (χ4v) is 3.28. The lowest BCUT2D eigenvalue weighted by atomic mass is 9.87. The number of H-pyrrole nitrogens is 1. The third-order valence-electron chi connectivity index (χ3n) is 4.16. The summed E-state index contributed by atoms with van der Waals surface area (Å²) in [6.07, 6.45) is 11.4. The summed E-state index contributed by atoms with van der Waals surface area (Å²) in [5.41, 5.74) is 2.67. The van der Waals surface area contributed by atoms with Crippen molar-refractivity contribution in [3.8, 4) is 0 Å². The van der Waals surface area contributed by atoms with Gasteiger partial charge in [-0.25, -0.2) is 4.98 Å². The van der Waals surface area contributed by atoms with E-state index in [4.69, 9.17) is 0 Å². The predicted molar refractivity (Wildman–Crippen MR) is 64.2 cm³/mol. The van der Waals surface area contributed by atoms with Crippen molar-refractivity contribution in [1.29, 1.82) is 0 Å². The summed E-state index contributed by atoms with van der Waals surface area (Å²) in [5.74, 6) is 0.810. The second kappa shape index (κ2) is 4.58. The van der Waals surface area contributed by atoms with Gasteiger partial charge in [-0.2, -0.15) is 0 Å². The second-order valence-corrected chi connectivity index (χ2v) is 5.20. The van der Waals surface area contributed by atoms with Crippen molar-refractivity contribution >= 4 is 0 Å². The minimum absolute atomic E-state index is 0.521. The van der Waals surface area contributed by atoms with E-state index in [1.165, 1.54) is 49.9 Å². The van der Waals surface area contributed by atoms with Gasteiger partial charge in [0.1, 0.15) is 0 Å². The molecular formula is C13H21N3. The van der Waals surface area contributed by atoms with Gasteiger partial charge in [-0.1, -0.05) is 25.7 Å². The van der Waals surface area contributed by atoms with Crippen LogP contribution in [0.1, 0.15) is 56.0 Å². The zero-order chi connectivity index (χ0) is 10.8. The van der Waals surface area contributed by atoms with Crippen LogP contribution < -0.4 is 5.32 Å². The highest BCUT2D eigenvalue weighted by Crippen LogP contribution is 2.35. The second-order valence-electron chi connectivity index (χ2n) is 5.20. The van der Waals surface area contributed by atoms with Crippen LogP contribution in [-0.4, -0.2) is 16.5 Å². The van der Waals surface area contributed by atoms with Crippen molar-refractivity contribution in [3.63, 3.8) is 0 Å². The minimum Gasteiger partial charge on any atom is -0.348 e. The summed E-state index contributed by atoms with van der Waals surface area (Å²) in [7, 11) is 0. The van der Waals surface area contributed by atoms with Crippen molar-refractivity contribution in [2.45, 2.75) is 51.0 Å². The number of hydrogen-bond acceptors (Lipinski definition) is 2. The molecule has 3 rings (SSSR count). The molecule has 2 N–H and O–H groups in total. The molecular weight excluding hydrogens is 198 g/mol. The molecule has 1 fully saturated rings. The van der Waals surface area contributed by atoms with Gasteiger partial charge < -0.3 is 10.3 Å². The van der Waals surface area contributed by atoms with E-state index in [2.05, 4.69) is 15.3 Å². The van der Waals surface area contributed by atoms with Crippen molar-refractivity contribution in [2.24, 2.45) is 5.92 Å². The Morgan fingerprint density at radius 1 is 1.12 bits per heavy atom. The Bertz CT molecular complexity index is 337. The molecule has 0 saturated heterocycles. The Morgan fingerprint density at radius 3 is 2.75 bits per heavy atom. The van der Waals surface area contributed by atoms with Gasteiger partial charge in [-0.15, -0.1) is 0 Å². The first-order valence-electron chi connectivity index (χ1n) is 6.70. The molecule has 16 heavy (non-hydrogen) atoms. The smallest absolute Gasteiger partial charge is 0.0925 e. The molecule has 1 saturated carbocycles. The minimum atomic E-state index is 0.521. The molecule has 3 heteroatoms. The van der Waals surface area contributed by atoms with Crippen molar-refractivity contribution in [1.82, 2.24) is 15.3 Å². The SMILES string of the molecule is c1nc2c([nH]1)CCNC2C1CCCCCC1. The topological polar surface area (TPSA) is 40.7 Å². The van der Waals surface area contributed by atoms with Crippen molar-refractivity contribution in [3.05, 3.63) is 17.7 Å². The number of nitrogens with zero attached hydrogens (tertiary/aromatic N) is 1. The van der Waals surface area contributed by atoms with E-state index >= 15 is 0 Å². The molecule has 0 spiro atoms. The number of aromatic amines is 1. The van der Waals surface area contributed by atoms with Crippen LogP contribution >= 0.6 is 0 Å². The summed E-state index contributed by atoms with van der Waals surface area (Å²) >= 11 is 0. The molecule has 1 atom stereocenters. The number of imidazole rings is 1. The summed E-state index contributed by atoms with van der Waals surface area (Å²) in [6, 6.07) is 0.521. The maximum atomic E-state index is 4.53. The molecule has 1 aromatic heterocycles. The average Bonchev–Trinajstić information content (AvgIpc) is 2.63. The van der Waals surface area contributed by atoms with Gasteiger partial charge in [0.25, 0.3) is 0 Å². The first-order valence-corrected chi connectivity index (χ1v) is 6.70. The molecule has 0 aromatic carbocycles. The Hall–Kier alpha value is -0.830. The zero-order valence-corrected chi connectivity index (χ0v) is 9.84. The van der Waals surface area contributed by atoms with E-state index < -0.39 is 0 Å². The summed E-state index contributed by atoms with van der Waals surface area (Å²) in [5, 5.41) is 3.68. The molecule has 2 heterocycles. The molecule has 0 radical (unpaired) electrons. The van der Waals surface area contributed by atoms with Crippen LogP contribution in [0.3, 0.4) is 0 Å². The maximum absolute atomic E-state index is 4.53. The average molecular weight is 219 g/mol. The molecule has 88 valence electrons. The van der Waals surface area contributed by atoms with E-state index in [1.54, 1.807) is 0 Å². The number of rotatable bonds is 1. The van der Waals surface area contributed by atoms with Gasteiger partial charge in [0.15, 0.2) is 0 Å². The van der Waals surface area contributed by atoms with Crippen LogP contribution in [0.25, 0.3) is 0 Å². The van der Waals surface area contributed by atoms with Crippen LogP contribution in [0, 0.1) is 5.92 Å². The highest BCUT2D eigenvalue weighted by Gasteiger charge is 2.29. The van der Waals surface area contributed by atoms with Gasteiger partial charge in [-0.05, 0) is 18.8 Å². The Morgan fingerprint density at radius 2 is 1.94 bits per heavy atom. The van der Waals surface area contributed by atoms with Gasteiger partial charge in [0, 0.05) is 18.7 Å². The fraction of sp³-hybridized carbons (Fsp3) is 0.769. The van der Waals surface area contributed by atoms with E-state index in [9.17, 15) is 0 Å². The third-order valence-corrected chi connectivity index (χ3v) is 4.16. The highest BCUT2D eigenvalue weighted by molar-refractivity contribution is 5.20. The molecule has 2 aliphatic rings. The molecule has 1 unspecified atom stereocenters. The predicted octanol–water partition coefficient (Wildman–Crippen LogP) is 2.57. The first-order chi connectivity index (χ1) is 7.95. The number of hydrogen-bond donors (Lipinski definition) is 2. The monoisotopic (exact) mass is 219 g/mol. The summed E-state index contributed by atoms with van der Waals surface area (Å²) in [4.78, 5) is 7.82. The first kappa shape index (κ1) is 10.3. The number of fused-ring (bicyclic) bond motifs is 1. The van der Waals surface area contributed by atoms with E-state index in [1.807, 2.05) is 6.33 Å². The lowest BCUT2D eigenvalue weighted by molar-refractivity contribution is 0.309. The van der Waals surface area contributed by atoms with Crippen molar-refractivity contribution in [2.75, 3.05) is 6.54 Å². The van der Waals surface area contributed by atoms with Gasteiger partial charge >= 0.3 is 0 Å². The Balaban J connectivity index is 1.80. The lowest BCUT2D eigenvalue weighted by Gasteiger charge is -2.30. The number of nitrogens with one attached hydrogen (secondary N) is 2. The summed E-state index contributed by atoms with van der Waals surface area (Å²) in [6.45, 7) is 1.11. The molecule has 0 bridgehead atoms.